The molecule has 0 saturated carbocycles. The Balaban J connectivity index is 3.20. The summed E-state index contributed by atoms with van der Waals surface area (Å²) in [6.45, 7) is 1.25. The van der Waals surface area contributed by atoms with Crippen molar-refractivity contribution in [2.45, 2.75) is 13.0 Å². The first kappa shape index (κ1) is 14.4. The molecule has 0 radical (unpaired) electrons. The Morgan fingerprint density at radius 2 is 2.11 bits per heavy atom. The van der Waals surface area contributed by atoms with Crippen molar-refractivity contribution in [3.8, 4) is 5.75 Å². The van der Waals surface area contributed by atoms with Gasteiger partial charge in [-0.1, -0.05) is 6.07 Å². The molecule has 0 aliphatic carbocycles. The maximum atomic E-state index is 11.9. The molecule has 0 aliphatic heterocycles. The number of carbonyl (C=O) groups is 2. The molecule has 8 heteroatoms. The maximum Gasteiger partial charge on any atom is 0.325 e. The van der Waals surface area contributed by atoms with E-state index in [1.165, 1.54) is 26.2 Å². The largest absolute Gasteiger partial charge is 0.496 e. The molecule has 8 nitrogen and oxygen atoms in total. The fourth-order valence-corrected chi connectivity index (χ4v) is 1.40. The number of methoxy groups -OCH3 is 1. The molecule has 0 saturated heterocycles. The Hall–Kier alpha value is -2.64. The van der Waals surface area contributed by atoms with Crippen LogP contribution in [0.3, 0.4) is 0 Å². The van der Waals surface area contributed by atoms with Gasteiger partial charge in [-0.25, -0.2) is 0 Å². The molecule has 1 aromatic rings. The lowest BCUT2D eigenvalue weighted by Gasteiger charge is -2.12. The number of carboxylic acid groups (broad SMARTS) is 1. The van der Waals surface area contributed by atoms with Gasteiger partial charge < -0.3 is 15.2 Å². The Morgan fingerprint density at radius 1 is 1.47 bits per heavy atom. The van der Waals surface area contributed by atoms with Gasteiger partial charge in [0.15, 0.2) is 5.56 Å². The van der Waals surface area contributed by atoms with E-state index in [-0.39, 0.29) is 11.3 Å². The molecule has 0 aliphatic rings. The number of carbonyl (C=O) groups excluding carboxylic acids is 1. The van der Waals surface area contributed by atoms with Crippen molar-refractivity contribution in [3.63, 3.8) is 0 Å². The molecule has 0 fully saturated rings. The molecule has 1 unspecified atom stereocenters. The molecule has 19 heavy (non-hydrogen) atoms. The van der Waals surface area contributed by atoms with Gasteiger partial charge in [-0.3, -0.25) is 19.7 Å². The fraction of sp³-hybridized carbons (Fsp3) is 0.273. The second-order valence-corrected chi connectivity index (χ2v) is 3.64. The Kier molecular flexibility index (Phi) is 4.41. The lowest BCUT2D eigenvalue weighted by atomic mass is 10.1. The van der Waals surface area contributed by atoms with E-state index in [0.717, 1.165) is 6.07 Å². The van der Waals surface area contributed by atoms with Crippen LogP contribution in [0.2, 0.25) is 0 Å². The van der Waals surface area contributed by atoms with E-state index in [1.54, 1.807) is 0 Å². The van der Waals surface area contributed by atoms with Crippen molar-refractivity contribution in [1.82, 2.24) is 5.32 Å². The SMILES string of the molecule is COc1cccc([N+](=O)[O-])c1C(=O)NC(C)C(=O)O. The van der Waals surface area contributed by atoms with Crippen LogP contribution in [-0.2, 0) is 4.79 Å². The molecular formula is C11H12N2O6. The number of hydrogen-bond donors (Lipinski definition) is 2. The molecule has 0 heterocycles. The van der Waals surface area contributed by atoms with E-state index in [1.807, 2.05) is 0 Å². The van der Waals surface area contributed by atoms with E-state index in [2.05, 4.69) is 5.32 Å². The van der Waals surface area contributed by atoms with Crippen molar-refractivity contribution in [2.24, 2.45) is 0 Å². The van der Waals surface area contributed by atoms with E-state index in [4.69, 9.17) is 9.84 Å². The molecule has 0 spiro atoms. The minimum absolute atomic E-state index is 0.00397. The number of ether oxygens (including phenoxy) is 1. The Bertz CT molecular complexity index is 528. The average molecular weight is 268 g/mol. The highest BCUT2D eigenvalue weighted by Crippen LogP contribution is 2.27. The number of carboxylic acids is 1. The minimum Gasteiger partial charge on any atom is -0.496 e. The van der Waals surface area contributed by atoms with Crippen LogP contribution in [0, 0.1) is 10.1 Å². The lowest BCUT2D eigenvalue weighted by Crippen LogP contribution is -2.38. The van der Waals surface area contributed by atoms with Crippen molar-refractivity contribution in [1.29, 1.82) is 0 Å². The fourth-order valence-electron chi connectivity index (χ4n) is 1.40. The summed E-state index contributed by atoms with van der Waals surface area (Å²) in [5.41, 5.74) is -0.752. The molecular weight excluding hydrogens is 256 g/mol. The second kappa shape index (κ2) is 5.80. The van der Waals surface area contributed by atoms with Crippen LogP contribution in [0.1, 0.15) is 17.3 Å². The normalized spacial score (nSPS) is 11.5. The molecule has 1 atom stereocenters. The summed E-state index contributed by atoms with van der Waals surface area (Å²) in [5.74, 6) is -2.12. The van der Waals surface area contributed by atoms with Crippen molar-refractivity contribution in [3.05, 3.63) is 33.9 Å². The van der Waals surface area contributed by atoms with Gasteiger partial charge in [0.1, 0.15) is 11.8 Å². The third-order valence-corrected chi connectivity index (χ3v) is 2.37. The number of rotatable bonds is 5. The first-order chi connectivity index (χ1) is 8.88. The number of benzene rings is 1. The third-order valence-electron chi connectivity index (χ3n) is 2.37. The van der Waals surface area contributed by atoms with Gasteiger partial charge in [-0.2, -0.15) is 0 Å². The van der Waals surface area contributed by atoms with Crippen molar-refractivity contribution in [2.75, 3.05) is 7.11 Å². The predicted octanol–water partition coefficient (Wildman–Crippen LogP) is 0.806. The standard InChI is InChI=1S/C11H12N2O6/c1-6(11(15)16)12-10(14)9-7(13(17)18)4-3-5-8(9)19-2/h3-6H,1-2H3,(H,12,14)(H,15,16). The van der Waals surface area contributed by atoms with Crippen LogP contribution < -0.4 is 10.1 Å². The van der Waals surface area contributed by atoms with Crippen molar-refractivity contribution >= 4 is 17.6 Å². The van der Waals surface area contributed by atoms with Gasteiger partial charge in [0.05, 0.1) is 12.0 Å². The number of amides is 1. The predicted molar refractivity (Wildman–Crippen MR) is 64.2 cm³/mol. The lowest BCUT2D eigenvalue weighted by molar-refractivity contribution is -0.385. The van der Waals surface area contributed by atoms with Crippen LogP contribution in [0.15, 0.2) is 18.2 Å². The minimum atomic E-state index is -1.24. The first-order valence-electron chi connectivity index (χ1n) is 5.23. The summed E-state index contributed by atoms with van der Waals surface area (Å²) in [4.78, 5) is 32.7. The summed E-state index contributed by atoms with van der Waals surface area (Å²) < 4.78 is 4.89. The highest BCUT2D eigenvalue weighted by molar-refractivity contribution is 6.02. The van der Waals surface area contributed by atoms with Crippen molar-refractivity contribution < 1.29 is 24.4 Å². The summed E-state index contributed by atoms with van der Waals surface area (Å²) in [7, 11) is 1.26. The number of nitro groups is 1. The van der Waals surface area contributed by atoms with Crippen LogP contribution in [0.25, 0.3) is 0 Å². The van der Waals surface area contributed by atoms with Gasteiger partial charge in [-0.05, 0) is 13.0 Å². The molecule has 1 amide bonds. The zero-order chi connectivity index (χ0) is 14.6. The number of nitro benzene ring substituents is 1. The first-order valence-corrected chi connectivity index (χ1v) is 5.23. The second-order valence-electron chi connectivity index (χ2n) is 3.64. The third kappa shape index (κ3) is 3.18. The quantitative estimate of drug-likeness (QED) is 0.602. The Morgan fingerprint density at radius 3 is 2.58 bits per heavy atom. The average Bonchev–Trinajstić information content (AvgIpc) is 2.37. The molecule has 0 aromatic heterocycles. The van der Waals surface area contributed by atoms with Gasteiger partial charge >= 0.3 is 5.97 Å². The van der Waals surface area contributed by atoms with Crippen LogP contribution in [0.4, 0.5) is 5.69 Å². The number of nitrogens with one attached hydrogen (secondary N) is 1. The van der Waals surface area contributed by atoms with Crippen LogP contribution in [-0.4, -0.2) is 35.1 Å². The molecule has 102 valence electrons. The number of aliphatic carboxylic acids is 1. The zero-order valence-corrected chi connectivity index (χ0v) is 10.2. The summed E-state index contributed by atoms with van der Waals surface area (Å²) in [5, 5.41) is 21.7. The highest BCUT2D eigenvalue weighted by atomic mass is 16.6. The monoisotopic (exact) mass is 268 g/mol. The van der Waals surface area contributed by atoms with Crippen LogP contribution >= 0.6 is 0 Å². The highest BCUT2D eigenvalue weighted by Gasteiger charge is 2.26. The summed E-state index contributed by atoms with van der Waals surface area (Å²) in [6, 6.07) is 2.72. The van der Waals surface area contributed by atoms with Gasteiger partial charge in [0, 0.05) is 6.07 Å². The molecule has 2 N–H and O–H groups in total. The van der Waals surface area contributed by atoms with E-state index in [0.29, 0.717) is 0 Å². The van der Waals surface area contributed by atoms with E-state index < -0.39 is 28.5 Å². The molecule has 1 aromatic carbocycles. The van der Waals surface area contributed by atoms with E-state index in [9.17, 15) is 19.7 Å². The number of hydrogen-bond acceptors (Lipinski definition) is 5. The topological polar surface area (TPSA) is 119 Å². The number of nitrogens with zero attached hydrogens (tertiary/aromatic N) is 1. The van der Waals surface area contributed by atoms with Gasteiger partial charge in [-0.15, -0.1) is 0 Å². The summed E-state index contributed by atoms with van der Waals surface area (Å²) in [6.07, 6.45) is 0. The maximum absolute atomic E-state index is 11.9. The smallest absolute Gasteiger partial charge is 0.325 e. The molecule has 0 bridgehead atoms. The summed E-state index contributed by atoms with van der Waals surface area (Å²) >= 11 is 0. The molecule has 1 rings (SSSR count). The van der Waals surface area contributed by atoms with Gasteiger partial charge in [0.25, 0.3) is 11.6 Å². The zero-order valence-electron chi connectivity index (χ0n) is 10.2. The van der Waals surface area contributed by atoms with Crippen LogP contribution in [0.5, 0.6) is 5.75 Å². The van der Waals surface area contributed by atoms with Gasteiger partial charge in [0.2, 0.25) is 0 Å². The van der Waals surface area contributed by atoms with E-state index >= 15 is 0 Å². The Labute approximate surface area is 108 Å².